The van der Waals surface area contributed by atoms with Crippen LogP contribution in [0, 0.1) is 0 Å². The van der Waals surface area contributed by atoms with Gasteiger partial charge < -0.3 is 11.1 Å². The number of nitrogens with zero attached hydrogens (tertiary/aromatic N) is 3. The molecule has 0 amide bonds. The number of nitrogens with two attached hydrogens (primary N) is 1. The lowest BCUT2D eigenvalue weighted by Crippen LogP contribution is -2.17. The normalized spacial score (nSPS) is 15.2. The lowest BCUT2D eigenvalue weighted by molar-refractivity contribution is 0.601. The zero-order valence-corrected chi connectivity index (χ0v) is 16.9. The fourth-order valence-electron chi connectivity index (χ4n) is 2.89. The van der Waals surface area contributed by atoms with Crippen molar-refractivity contribution in [1.82, 2.24) is 0 Å². The molecule has 0 unspecified atom stereocenters. The van der Waals surface area contributed by atoms with E-state index in [0.717, 1.165) is 43.5 Å². The largest absolute Gasteiger partial charge is 0.384 e. The maximum Gasteiger partial charge on any atom is 0.176 e. The second-order valence-electron chi connectivity index (χ2n) is 6.38. The SMILES string of the molecule is CCCCNc1cc(/C(N)=N/N=N\C)cc(S(C)(=O)=O)c1C1=CC=CCC1. The highest BCUT2D eigenvalue weighted by molar-refractivity contribution is 7.90. The number of sulfone groups is 1. The molecule has 1 aromatic rings. The molecular formula is C19H27N5O2S. The van der Waals surface area contributed by atoms with Crippen molar-refractivity contribution in [3.05, 3.63) is 41.5 Å². The van der Waals surface area contributed by atoms with Gasteiger partial charge in [-0.2, -0.15) is 5.11 Å². The van der Waals surface area contributed by atoms with Crippen LogP contribution in [0.5, 0.6) is 0 Å². The van der Waals surface area contributed by atoms with Gasteiger partial charge in [-0.25, -0.2) is 8.42 Å². The third kappa shape index (κ3) is 5.50. The highest BCUT2D eigenvalue weighted by atomic mass is 32.2. The number of hydrogen-bond donors (Lipinski definition) is 2. The van der Waals surface area contributed by atoms with Crippen LogP contribution in [-0.4, -0.2) is 34.1 Å². The zero-order valence-electron chi connectivity index (χ0n) is 16.1. The van der Waals surface area contributed by atoms with Crippen molar-refractivity contribution in [2.24, 2.45) is 21.2 Å². The molecule has 146 valence electrons. The molecule has 27 heavy (non-hydrogen) atoms. The van der Waals surface area contributed by atoms with Crippen LogP contribution in [0.1, 0.15) is 43.7 Å². The van der Waals surface area contributed by atoms with Gasteiger partial charge in [-0.15, -0.1) is 5.10 Å². The first-order chi connectivity index (χ1) is 12.9. The van der Waals surface area contributed by atoms with Crippen molar-refractivity contribution >= 4 is 26.9 Å². The highest BCUT2D eigenvalue weighted by Gasteiger charge is 2.22. The Hall–Kier alpha value is -2.48. The Labute approximate surface area is 161 Å². The van der Waals surface area contributed by atoms with Gasteiger partial charge in [0.25, 0.3) is 0 Å². The summed E-state index contributed by atoms with van der Waals surface area (Å²) in [4.78, 5) is 0.243. The number of allylic oxidation sites excluding steroid dienone is 4. The van der Waals surface area contributed by atoms with Crippen molar-refractivity contribution in [3.63, 3.8) is 0 Å². The van der Waals surface area contributed by atoms with Gasteiger partial charge in [-0.3, -0.25) is 0 Å². The van der Waals surface area contributed by atoms with E-state index in [4.69, 9.17) is 5.73 Å². The monoisotopic (exact) mass is 389 g/mol. The predicted molar refractivity (Wildman–Crippen MR) is 111 cm³/mol. The van der Waals surface area contributed by atoms with Gasteiger partial charge in [0.1, 0.15) is 0 Å². The minimum atomic E-state index is -3.48. The first kappa shape index (κ1) is 20.8. The summed E-state index contributed by atoms with van der Waals surface area (Å²) >= 11 is 0. The van der Waals surface area contributed by atoms with Gasteiger partial charge >= 0.3 is 0 Å². The smallest absolute Gasteiger partial charge is 0.176 e. The molecule has 0 aliphatic heterocycles. The van der Waals surface area contributed by atoms with Crippen LogP contribution in [0.15, 0.2) is 50.7 Å². The molecule has 1 aliphatic rings. The molecule has 3 N–H and O–H groups in total. The van der Waals surface area contributed by atoms with Gasteiger partial charge in [0.05, 0.1) is 11.9 Å². The van der Waals surface area contributed by atoms with Crippen LogP contribution in [-0.2, 0) is 9.84 Å². The number of hydrogen-bond acceptors (Lipinski definition) is 5. The van der Waals surface area contributed by atoms with E-state index in [1.54, 1.807) is 6.07 Å². The third-order valence-corrected chi connectivity index (χ3v) is 5.34. The average Bonchev–Trinajstić information content (AvgIpc) is 2.65. The topological polar surface area (TPSA) is 109 Å². The molecule has 0 spiro atoms. The Bertz CT molecular complexity index is 899. The lowest BCUT2D eigenvalue weighted by atomic mass is 9.94. The van der Waals surface area contributed by atoms with Crippen molar-refractivity contribution in [1.29, 1.82) is 0 Å². The second-order valence-corrected chi connectivity index (χ2v) is 8.37. The Kier molecular flexibility index (Phi) is 7.29. The van der Waals surface area contributed by atoms with Crippen LogP contribution in [0.3, 0.4) is 0 Å². The summed E-state index contributed by atoms with van der Waals surface area (Å²) in [5.41, 5.74) is 8.94. The molecule has 7 nitrogen and oxygen atoms in total. The third-order valence-electron chi connectivity index (χ3n) is 4.22. The van der Waals surface area contributed by atoms with Gasteiger partial charge in [0.15, 0.2) is 15.7 Å². The summed E-state index contributed by atoms with van der Waals surface area (Å²) in [5, 5.41) is 14.3. The summed E-state index contributed by atoms with van der Waals surface area (Å²) in [6.07, 6.45) is 10.9. The van der Waals surface area contributed by atoms with E-state index in [2.05, 4.69) is 33.8 Å². The number of unbranched alkanes of at least 4 members (excludes halogenated alkanes) is 1. The van der Waals surface area contributed by atoms with E-state index in [1.165, 1.54) is 13.3 Å². The number of benzene rings is 1. The molecule has 2 rings (SSSR count). The zero-order chi connectivity index (χ0) is 19.9. The van der Waals surface area contributed by atoms with Gasteiger partial charge in [-0.1, -0.05) is 31.6 Å². The van der Waals surface area contributed by atoms with Crippen LogP contribution in [0.4, 0.5) is 5.69 Å². The van der Waals surface area contributed by atoms with Crippen molar-refractivity contribution in [2.45, 2.75) is 37.5 Å². The summed E-state index contributed by atoms with van der Waals surface area (Å²) in [6, 6.07) is 3.40. The second kappa shape index (κ2) is 9.45. The summed E-state index contributed by atoms with van der Waals surface area (Å²) in [6.45, 7) is 2.85. The number of nitrogens with one attached hydrogen (secondary N) is 1. The van der Waals surface area contributed by atoms with Crippen molar-refractivity contribution < 1.29 is 8.42 Å². The minimum absolute atomic E-state index is 0.119. The quantitative estimate of drug-likeness (QED) is 0.232. The molecule has 0 saturated heterocycles. The van der Waals surface area contributed by atoms with Gasteiger partial charge in [0.2, 0.25) is 0 Å². The predicted octanol–water partition coefficient (Wildman–Crippen LogP) is 3.74. The lowest BCUT2D eigenvalue weighted by Gasteiger charge is -2.20. The molecule has 0 aromatic heterocycles. The van der Waals surface area contributed by atoms with Crippen LogP contribution in [0.25, 0.3) is 5.57 Å². The molecule has 0 fully saturated rings. The Morgan fingerprint density at radius 2 is 2.11 bits per heavy atom. The fraction of sp³-hybridized carbons (Fsp3) is 0.421. The average molecular weight is 390 g/mol. The van der Waals surface area contributed by atoms with Gasteiger partial charge in [0, 0.05) is 29.6 Å². The summed E-state index contributed by atoms with van der Waals surface area (Å²) in [7, 11) is -1.99. The standard InChI is InChI=1S/C19H27N5O2S/c1-4-5-11-22-16-12-15(19(20)23-24-21-2)13-17(27(3,25)26)18(16)14-9-7-6-8-10-14/h6-7,9,12-13,22H,4-5,8,10-11H2,1-3H3,(H2,20,21,23). The number of rotatable bonds is 8. The van der Waals surface area contributed by atoms with Crippen molar-refractivity contribution in [3.8, 4) is 0 Å². The van der Waals surface area contributed by atoms with E-state index in [9.17, 15) is 8.42 Å². The van der Waals surface area contributed by atoms with E-state index < -0.39 is 9.84 Å². The van der Waals surface area contributed by atoms with Crippen molar-refractivity contribution in [2.75, 3.05) is 25.2 Å². The molecule has 8 heteroatoms. The Balaban J connectivity index is 2.70. The first-order valence-corrected chi connectivity index (χ1v) is 10.9. The highest BCUT2D eigenvalue weighted by Crippen LogP contribution is 2.36. The number of amidine groups is 1. The Morgan fingerprint density at radius 3 is 2.70 bits per heavy atom. The van der Waals surface area contributed by atoms with E-state index >= 15 is 0 Å². The maximum atomic E-state index is 12.6. The molecule has 0 saturated carbocycles. The van der Waals surface area contributed by atoms with Gasteiger partial charge in [-0.05, 0) is 42.2 Å². The fourth-order valence-corrected chi connectivity index (χ4v) is 3.84. The summed E-state index contributed by atoms with van der Waals surface area (Å²) < 4.78 is 25.1. The summed E-state index contributed by atoms with van der Waals surface area (Å²) in [5.74, 6) is 0.119. The molecule has 0 heterocycles. The van der Waals surface area contributed by atoms with E-state index in [-0.39, 0.29) is 10.7 Å². The molecule has 0 atom stereocenters. The molecule has 1 aromatic carbocycles. The van der Waals surface area contributed by atoms with Crippen LogP contribution >= 0.6 is 0 Å². The molecule has 1 aliphatic carbocycles. The molecule has 0 bridgehead atoms. The first-order valence-electron chi connectivity index (χ1n) is 8.99. The van der Waals surface area contributed by atoms with Crippen LogP contribution in [0.2, 0.25) is 0 Å². The number of anilines is 1. The minimum Gasteiger partial charge on any atom is -0.384 e. The maximum absolute atomic E-state index is 12.6. The molecular weight excluding hydrogens is 362 g/mol. The Morgan fingerprint density at radius 1 is 1.33 bits per heavy atom. The van der Waals surface area contributed by atoms with E-state index in [0.29, 0.717) is 11.1 Å². The van der Waals surface area contributed by atoms with Crippen LogP contribution < -0.4 is 11.1 Å². The van der Waals surface area contributed by atoms with E-state index in [1.807, 2.05) is 18.2 Å². The molecule has 0 radical (unpaired) electrons.